The van der Waals surface area contributed by atoms with Crippen LogP contribution in [0.1, 0.15) is 32.6 Å². The lowest BCUT2D eigenvalue weighted by atomic mass is 9.65. The Morgan fingerprint density at radius 1 is 1.15 bits per heavy atom. The van der Waals surface area contributed by atoms with E-state index in [1.165, 1.54) is 0 Å². The van der Waals surface area contributed by atoms with Crippen molar-refractivity contribution in [3.63, 3.8) is 0 Å². The van der Waals surface area contributed by atoms with Crippen molar-refractivity contribution in [2.45, 2.75) is 38.1 Å². The fourth-order valence-electron chi connectivity index (χ4n) is 3.31. The lowest BCUT2D eigenvalue weighted by Gasteiger charge is -2.48. The normalized spacial score (nSPS) is 35.0. The highest BCUT2D eigenvalue weighted by molar-refractivity contribution is 7.91. The molecule has 0 bridgehead atoms. The van der Waals surface area contributed by atoms with Gasteiger partial charge in [-0.3, -0.25) is 19.8 Å². The number of amides is 4. The minimum absolute atomic E-state index is 0.0402. The monoisotopic (exact) mass is 300 g/mol. The van der Waals surface area contributed by atoms with Crippen molar-refractivity contribution in [3.05, 3.63) is 0 Å². The molecule has 1 unspecified atom stereocenters. The van der Waals surface area contributed by atoms with Crippen LogP contribution in [-0.4, -0.2) is 48.2 Å². The van der Waals surface area contributed by atoms with Crippen LogP contribution in [0.25, 0.3) is 0 Å². The maximum absolute atomic E-state index is 12.6. The van der Waals surface area contributed by atoms with E-state index in [0.717, 1.165) is 11.3 Å². The van der Waals surface area contributed by atoms with Gasteiger partial charge in [0.15, 0.2) is 9.84 Å². The summed E-state index contributed by atoms with van der Waals surface area (Å²) >= 11 is 0. The quantitative estimate of drug-likeness (QED) is 0.677. The van der Waals surface area contributed by atoms with E-state index in [9.17, 15) is 22.8 Å². The predicted molar refractivity (Wildman–Crippen MR) is 68.3 cm³/mol. The van der Waals surface area contributed by atoms with Gasteiger partial charge in [0.2, 0.25) is 11.8 Å². The van der Waals surface area contributed by atoms with E-state index in [4.69, 9.17) is 0 Å². The number of nitrogens with zero attached hydrogens (tertiary/aromatic N) is 1. The first kappa shape index (κ1) is 13.5. The Hall–Kier alpha value is -1.44. The third kappa shape index (κ3) is 1.63. The van der Waals surface area contributed by atoms with Crippen LogP contribution in [0.5, 0.6) is 0 Å². The molecule has 1 saturated carbocycles. The molecule has 2 saturated heterocycles. The van der Waals surface area contributed by atoms with Gasteiger partial charge >= 0.3 is 6.03 Å². The highest BCUT2D eigenvalue weighted by atomic mass is 32.2. The van der Waals surface area contributed by atoms with Crippen LogP contribution in [0.4, 0.5) is 4.79 Å². The number of sulfone groups is 1. The Bertz CT molecular complexity index is 622. The second-order valence-corrected chi connectivity index (χ2v) is 8.36. The van der Waals surface area contributed by atoms with Crippen LogP contribution < -0.4 is 5.32 Å². The van der Waals surface area contributed by atoms with Crippen molar-refractivity contribution in [2.75, 3.05) is 11.5 Å². The van der Waals surface area contributed by atoms with E-state index in [0.29, 0.717) is 12.8 Å². The molecule has 1 spiro atoms. The van der Waals surface area contributed by atoms with Crippen LogP contribution in [0, 0.1) is 5.41 Å². The molecule has 2 aliphatic heterocycles. The SMILES string of the molecule is CC1(N2C(=O)NC(=O)C3(CCC3)C2=O)CCS(=O)(=O)C1. The third-order valence-electron chi connectivity index (χ3n) is 4.70. The zero-order chi connectivity index (χ0) is 14.8. The lowest BCUT2D eigenvalue weighted by Crippen LogP contribution is -2.71. The van der Waals surface area contributed by atoms with Gasteiger partial charge in [0.25, 0.3) is 0 Å². The second kappa shape index (κ2) is 3.81. The topological polar surface area (TPSA) is 101 Å². The molecule has 0 aromatic heterocycles. The fourth-order valence-corrected chi connectivity index (χ4v) is 5.42. The molecular weight excluding hydrogens is 284 g/mol. The van der Waals surface area contributed by atoms with Crippen molar-refractivity contribution < 1.29 is 22.8 Å². The van der Waals surface area contributed by atoms with Gasteiger partial charge in [-0.25, -0.2) is 13.2 Å². The Morgan fingerprint density at radius 2 is 1.80 bits per heavy atom. The number of urea groups is 1. The molecule has 1 N–H and O–H groups in total. The summed E-state index contributed by atoms with van der Waals surface area (Å²) in [5.74, 6) is -1.35. The standard InChI is InChI=1S/C12H16N2O5S/c1-11(5-6-20(18,19)7-11)14-9(16)12(3-2-4-12)8(15)13-10(14)17/h2-7H2,1H3,(H,13,15,17). The maximum Gasteiger partial charge on any atom is 0.331 e. The Kier molecular flexibility index (Phi) is 2.58. The minimum Gasteiger partial charge on any atom is -0.277 e. The van der Waals surface area contributed by atoms with Gasteiger partial charge in [0.05, 0.1) is 17.0 Å². The zero-order valence-electron chi connectivity index (χ0n) is 11.1. The van der Waals surface area contributed by atoms with Crippen LogP contribution in [0.3, 0.4) is 0 Å². The largest absolute Gasteiger partial charge is 0.331 e. The average Bonchev–Trinajstić information content (AvgIpc) is 2.50. The highest BCUT2D eigenvalue weighted by Gasteiger charge is 2.61. The smallest absolute Gasteiger partial charge is 0.277 e. The molecule has 7 nitrogen and oxygen atoms in total. The van der Waals surface area contributed by atoms with Crippen molar-refractivity contribution in [1.29, 1.82) is 0 Å². The van der Waals surface area contributed by atoms with Gasteiger partial charge in [0, 0.05) is 0 Å². The maximum atomic E-state index is 12.6. The average molecular weight is 300 g/mol. The van der Waals surface area contributed by atoms with Crippen molar-refractivity contribution in [3.8, 4) is 0 Å². The van der Waals surface area contributed by atoms with E-state index in [2.05, 4.69) is 5.32 Å². The summed E-state index contributed by atoms with van der Waals surface area (Å²) in [4.78, 5) is 37.5. The van der Waals surface area contributed by atoms with Gasteiger partial charge in [-0.2, -0.15) is 0 Å². The van der Waals surface area contributed by atoms with Crippen LogP contribution in [0.15, 0.2) is 0 Å². The summed E-state index contributed by atoms with van der Waals surface area (Å²) in [7, 11) is -3.25. The summed E-state index contributed by atoms with van der Waals surface area (Å²) < 4.78 is 23.3. The molecule has 8 heteroatoms. The zero-order valence-corrected chi connectivity index (χ0v) is 12.0. The van der Waals surface area contributed by atoms with Gasteiger partial charge in [0.1, 0.15) is 5.41 Å². The molecule has 2 heterocycles. The first-order valence-electron chi connectivity index (χ1n) is 6.61. The molecule has 1 aliphatic carbocycles. The Morgan fingerprint density at radius 3 is 2.25 bits per heavy atom. The van der Waals surface area contributed by atoms with E-state index in [1.807, 2.05) is 0 Å². The van der Waals surface area contributed by atoms with Gasteiger partial charge in [-0.05, 0) is 26.2 Å². The van der Waals surface area contributed by atoms with Crippen LogP contribution in [-0.2, 0) is 19.4 Å². The summed E-state index contributed by atoms with van der Waals surface area (Å²) in [6.07, 6.45) is 1.82. The Balaban J connectivity index is 1.98. The number of hydrogen-bond acceptors (Lipinski definition) is 5. The molecule has 3 fully saturated rings. The second-order valence-electron chi connectivity index (χ2n) is 6.17. The molecule has 3 rings (SSSR count). The molecular formula is C12H16N2O5S. The Labute approximate surface area is 116 Å². The number of imide groups is 2. The molecule has 110 valence electrons. The van der Waals surface area contributed by atoms with Gasteiger partial charge < -0.3 is 0 Å². The number of carbonyl (C=O) groups is 3. The molecule has 1 atom stereocenters. The lowest BCUT2D eigenvalue weighted by molar-refractivity contribution is -0.160. The van der Waals surface area contributed by atoms with Crippen molar-refractivity contribution in [2.24, 2.45) is 5.41 Å². The molecule has 0 aromatic carbocycles. The number of carbonyl (C=O) groups excluding carboxylic acids is 3. The van der Waals surface area contributed by atoms with E-state index < -0.39 is 38.6 Å². The molecule has 0 aromatic rings. The highest BCUT2D eigenvalue weighted by Crippen LogP contribution is 2.46. The number of hydrogen-bond donors (Lipinski definition) is 1. The third-order valence-corrected chi connectivity index (χ3v) is 6.59. The summed E-state index contributed by atoms with van der Waals surface area (Å²) in [5, 5.41) is 2.21. The predicted octanol–water partition coefficient (Wildman–Crippen LogP) is -0.188. The van der Waals surface area contributed by atoms with E-state index >= 15 is 0 Å². The molecule has 4 amide bonds. The molecule has 3 aliphatic rings. The summed E-state index contributed by atoms with van der Waals surface area (Å²) in [5.41, 5.74) is -2.20. The van der Waals surface area contributed by atoms with E-state index in [1.54, 1.807) is 6.92 Å². The first-order chi connectivity index (χ1) is 9.20. The first-order valence-corrected chi connectivity index (χ1v) is 8.43. The summed E-state index contributed by atoms with van der Waals surface area (Å²) in [6.45, 7) is 1.59. The van der Waals surface area contributed by atoms with Crippen molar-refractivity contribution in [1.82, 2.24) is 10.2 Å². The van der Waals surface area contributed by atoms with Crippen LogP contribution >= 0.6 is 0 Å². The van der Waals surface area contributed by atoms with Crippen molar-refractivity contribution >= 4 is 27.7 Å². The van der Waals surface area contributed by atoms with Gasteiger partial charge in [-0.15, -0.1) is 0 Å². The number of rotatable bonds is 1. The minimum atomic E-state index is -3.25. The summed E-state index contributed by atoms with van der Waals surface area (Å²) in [6, 6.07) is -0.794. The molecule has 20 heavy (non-hydrogen) atoms. The van der Waals surface area contributed by atoms with Crippen LogP contribution in [0.2, 0.25) is 0 Å². The number of nitrogens with one attached hydrogen (secondary N) is 1. The fraction of sp³-hybridized carbons (Fsp3) is 0.750. The number of barbiturate groups is 1. The molecule has 0 radical (unpaired) electrons. The van der Waals surface area contributed by atoms with E-state index in [-0.39, 0.29) is 17.9 Å². The van der Waals surface area contributed by atoms with Gasteiger partial charge in [-0.1, -0.05) is 6.42 Å².